The van der Waals surface area contributed by atoms with Crippen LogP contribution in [0, 0.1) is 0 Å². The maximum absolute atomic E-state index is 5.99. The number of benzene rings is 2. The predicted molar refractivity (Wildman–Crippen MR) is 87.6 cm³/mol. The Morgan fingerprint density at radius 1 is 1.20 bits per heavy atom. The summed E-state index contributed by atoms with van der Waals surface area (Å²) in [6, 6.07) is 13.5. The molecule has 0 saturated heterocycles. The van der Waals surface area contributed by atoms with E-state index in [0.29, 0.717) is 5.02 Å². The largest absolute Gasteiger partial charge is 0.457 e. The number of hydrogen-bond donors (Lipinski definition) is 1. The lowest BCUT2D eigenvalue weighted by atomic mass is 10.0. The lowest BCUT2D eigenvalue weighted by Crippen LogP contribution is -2.21. The van der Waals surface area contributed by atoms with Crippen molar-refractivity contribution in [2.45, 2.75) is 25.8 Å². The highest BCUT2D eigenvalue weighted by Gasteiger charge is 2.07. The van der Waals surface area contributed by atoms with Crippen molar-refractivity contribution in [2.24, 2.45) is 5.73 Å². The normalized spacial score (nSPS) is 12.2. The van der Waals surface area contributed by atoms with Gasteiger partial charge in [-0.3, -0.25) is 0 Å². The molecule has 0 amide bonds. The van der Waals surface area contributed by atoms with E-state index in [-0.39, 0.29) is 6.04 Å². The van der Waals surface area contributed by atoms with Gasteiger partial charge in [-0.25, -0.2) is 0 Å². The number of ether oxygens (including phenoxy) is 1. The first-order valence-electron chi connectivity index (χ1n) is 6.56. The summed E-state index contributed by atoms with van der Waals surface area (Å²) in [5.74, 6) is 1.50. The fourth-order valence-electron chi connectivity index (χ4n) is 1.85. The second-order valence-corrected chi connectivity index (χ2v) is 5.98. The third kappa shape index (κ3) is 4.23. The first kappa shape index (κ1) is 15.4. The monoisotopic (exact) mass is 353 g/mol. The van der Waals surface area contributed by atoms with Crippen molar-refractivity contribution < 1.29 is 4.74 Å². The van der Waals surface area contributed by atoms with Crippen LogP contribution in [-0.4, -0.2) is 6.04 Å². The van der Waals surface area contributed by atoms with Crippen molar-refractivity contribution in [2.75, 3.05) is 0 Å². The van der Waals surface area contributed by atoms with Gasteiger partial charge in [0.25, 0.3) is 0 Å². The van der Waals surface area contributed by atoms with Gasteiger partial charge in [0.2, 0.25) is 0 Å². The Labute approximate surface area is 133 Å². The van der Waals surface area contributed by atoms with Crippen LogP contribution in [0.1, 0.15) is 18.9 Å². The van der Waals surface area contributed by atoms with Gasteiger partial charge in [0.05, 0.1) is 0 Å². The molecule has 0 saturated carbocycles. The Morgan fingerprint density at radius 2 is 1.95 bits per heavy atom. The van der Waals surface area contributed by atoms with E-state index in [1.54, 1.807) is 6.07 Å². The standard InChI is InChI=1S/C16H17BrClNO/c1-2-13(19)8-11-6-7-15(10-16(11)17)20-14-5-3-4-12(18)9-14/h3-7,9-10,13H,2,8,19H2,1H3. The molecule has 0 radical (unpaired) electrons. The zero-order chi connectivity index (χ0) is 14.5. The number of halogens is 2. The van der Waals surface area contributed by atoms with Crippen LogP contribution in [0.15, 0.2) is 46.9 Å². The average molecular weight is 355 g/mol. The van der Waals surface area contributed by atoms with Gasteiger partial charge in [0.1, 0.15) is 11.5 Å². The van der Waals surface area contributed by atoms with E-state index < -0.39 is 0 Å². The highest BCUT2D eigenvalue weighted by Crippen LogP contribution is 2.29. The summed E-state index contributed by atoms with van der Waals surface area (Å²) in [6.07, 6.45) is 1.82. The average Bonchev–Trinajstić information content (AvgIpc) is 2.41. The Kier molecular flexibility index (Phi) is 5.46. The van der Waals surface area contributed by atoms with Crippen LogP contribution in [0.4, 0.5) is 0 Å². The molecule has 2 rings (SSSR count). The lowest BCUT2D eigenvalue weighted by molar-refractivity contribution is 0.482. The van der Waals surface area contributed by atoms with Crippen molar-refractivity contribution in [3.63, 3.8) is 0 Å². The van der Waals surface area contributed by atoms with E-state index in [9.17, 15) is 0 Å². The van der Waals surface area contributed by atoms with E-state index in [4.69, 9.17) is 22.1 Å². The molecule has 0 aliphatic rings. The zero-order valence-corrected chi connectivity index (χ0v) is 13.6. The van der Waals surface area contributed by atoms with Gasteiger partial charge in [-0.1, -0.05) is 46.6 Å². The van der Waals surface area contributed by atoms with E-state index in [2.05, 4.69) is 22.9 Å². The van der Waals surface area contributed by atoms with Gasteiger partial charge in [0.15, 0.2) is 0 Å². The lowest BCUT2D eigenvalue weighted by Gasteiger charge is -2.12. The van der Waals surface area contributed by atoms with Crippen molar-refractivity contribution in [1.29, 1.82) is 0 Å². The summed E-state index contributed by atoms with van der Waals surface area (Å²) in [4.78, 5) is 0. The molecule has 0 aromatic heterocycles. The molecule has 2 N–H and O–H groups in total. The number of hydrogen-bond acceptors (Lipinski definition) is 2. The van der Waals surface area contributed by atoms with Crippen molar-refractivity contribution in [1.82, 2.24) is 0 Å². The summed E-state index contributed by atoms with van der Waals surface area (Å²) >= 11 is 9.51. The molecule has 0 bridgehead atoms. The van der Waals surface area contributed by atoms with Crippen LogP contribution in [0.2, 0.25) is 5.02 Å². The Hall–Kier alpha value is -1.03. The molecule has 0 spiro atoms. The highest BCUT2D eigenvalue weighted by atomic mass is 79.9. The summed E-state index contributed by atoms with van der Waals surface area (Å²) in [7, 11) is 0. The van der Waals surface area contributed by atoms with E-state index in [0.717, 1.165) is 28.8 Å². The number of nitrogens with two attached hydrogens (primary N) is 1. The minimum atomic E-state index is 0.186. The Morgan fingerprint density at radius 3 is 2.60 bits per heavy atom. The predicted octanol–water partition coefficient (Wildman–Crippen LogP) is 5.17. The smallest absolute Gasteiger partial charge is 0.128 e. The van der Waals surface area contributed by atoms with Crippen molar-refractivity contribution in [3.8, 4) is 11.5 Å². The van der Waals surface area contributed by atoms with Crippen LogP contribution in [-0.2, 0) is 6.42 Å². The SMILES string of the molecule is CCC(N)Cc1ccc(Oc2cccc(Cl)c2)cc1Br. The summed E-state index contributed by atoms with van der Waals surface area (Å²) < 4.78 is 6.80. The molecule has 106 valence electrons. The van der Waals surface area contributed by atoms with Crippen LogP contribution in [0.3, 0.4) is 0 Å². The molecule has 4 heteroatoms. The van der Waals surface area contributed by atoms with E-state index in [1.165, 1.54) is 5.56 Å². The minimum absolute atomic E-state index is 0.186. The molecule has 1 unspecified atom stereocenters. The second kappa shape index (κ2) is 7.11. The maximum Gasteiger partial charge on any atom is 0.128 e. The quantitative estimate of drug-likeness (QED) is 0.803. The first-order chi connectivity index (χ1) is 9.58. The highest BCUT2D eigenvalue weighted by molar-refractivity contribution is 9.10. The van der Waals surface area contributed by atoms with E-state index in [1.807, 2.05) is 36.4 Å². The van der Waals surface area contributed by atoms with Crippen LogP contribution in [0.25, 0.3) is 0 Å². The molecule has 0 aliphatic heterocycles. The van der Waals surface area contributed by atoms with Gasteiger partial charge < -0.3 is 10.5 Å². The first-order valence-corrected chi connectivity index (χ1v) is 7.73. The van der Waals surface area contributed by atoms with Gasteiger partial charge in [-0.15, -0.1) is 0 Å². The van der Waals surface area contributed by atoms with Crippen LogP contribution < -0.4 is 10.5 Å². The maximum atomic E-state index is 5.99. The van der Waals surface area contributed by atoms with Gasteiger partial charge in [0, 0.05) is 15.5 Å². The molecule has 2 nitrogen and oxygen atoms in total. The summed E-state index contributed by atoms with van der Waals surface area (Å²) in [6.45, 7) is 2.09. The zero-order valence-electron chi connectivity index (χ0n) is 11.3. The van der Waals surface area contributed by atoms with Crippen LogP contribution >= 0.6 is 27.5 Å². The molecule has 0 aliphatic carbocycles. The number of rotatable bonds is 5. The summed E-state index contributed by atoms with van der Waals surface area (Å²) in [5, 5.41) is 0.659. The summed E-state index contributed by atoms with van der Waals surface area (Å²) in [5.41, 5.74) is 7.18. The molecule has 20 heavy (non-hydrogen) atoms. The molecular formula is C16H17BrClNO. The molecule has 2 aromatic carbocycles. The van der Waals surface area contributed by atoms with Gasteiger partial charge in [-0.05, 0) is 48.7 Å². The molecule has 0 heterocycles. The second-order valence-electron chi connectivity index (χ2n) is 4.69. The molecule has 2 aromatic rings. The Balaban J connectivity index is 2.13. The van der Waals surface area contributed by atoms with Gasteiger partial charge in [-0.2, -0.15) is 0 Å². The fourth-order valence-corrected chi connectivity index (χ4v) is 2.55. The third-order valence-corrected chi connectivity index (χ3v) is 4.04. The minimum Gasteiger partial charge on any atom is -0.457 e. The molecule has 1 atom stereocenters. The van der Waals surface area contributed by atoms with E-state index >= 15 is 0 Å². The fraction of sp³-hybridized carbons (Fsp3) is 0.250. The van der Waals surface area contributed by atoms with Crippen molar-refractivity contribution in [3.05, 3.63) is 57.5 Å². The van der Waals surface area contributed by atoms with Crippen LogP contribution in [0.5, 0.6) is 11.5 Å². The molecular weight excluding hydrogens is 338 g/mol. The third-order valence-electron chi connectivity index (χ3n) is 3.06. The Bertz CT molecular complexity index is 588. The van der Waals surface area contributed by atoms with Gasteiger partial charge >= 0.3 is 0 Å². The van der Waals surface area contributed by atoms with Crippen molar-refractivity contribution >= 4 is 27.5 Å². The molecule has 0 fully saturated rings. The topological polar surface area (TPSA) is 35.2 Å².